The van der Waals surface area contributed by atoms with Gasteiger partial charge in [0.15, 0.2) is 5.82 Å². The van der Waals surface area contributed by atoms with Crippen LogP contribution >= 0.6 is 11.6 Å². The van der Waals surface area contributed by atoms with E-state index in [0.29, 0.717) is 11.5 Å². The maximum Gasteiger partial charge on any atom is 0.160 e. The molecule has 6 nitrogen and oxygen atoms in total. The molecule has 0 fully saturated rings. The van der Waals surface area contributed by atoms with E-state index in [4.69, 9.17) is 23.2 Å². The summed E-state index contributed by atoms with van der Waals surface area (Å²) in [4.78, 5) is 4.43. The molecule has 33 heavy (non-hydrogen) atoms. The fourth-order valence-electron chi connectivity index (χ4n) is 2.53. The molecule has 0 spiro atoms. The van der Waals surface area contributed by atoms with Gasteiger partial charge in [0.05, 0.1) is 5.69 Å². The van der Waals surface area contributed by atoms with Crippen molar-refractivity contribution in [3.05, 3.63) is 107 Å². The third kappa shape index (κ3) is 8.02. The number of halogens is 2. The van der Waals surface area contributed by atoms with Gasteiger partial charge in [-0.25, -0.2) is 14.4 Å². The summed E-state index contributed by atoms with van der Waals surface area (Å²) in [6.45, 7) is 7.29. The van der Waals surface area contributed by atoms with Crippen molar-refractivity contribution in [2.24, 2.45) is 16.6 Å². The fraction of sp³-hybridized carbons (Fsp3) is 0.125. The van der Waals surface area contributed by atoms with Gasteiger partial charge in [0.2, 0.25) is 0 Å². The highest BCUT2D eigenvalue weighted by molar-refractivity contribution is 7.89. The van der Waals surface area contributed by atoms with Gasteiger partial charge in [0, 0.05) is 17.5 Å². The summed E-state index contributed by atoms with van der Waals surface area (Å²) in [5, 5.41) is 4.29. The van der Waals surface area contributed by atoms with E-state index in [1.54, 1.807) is 31.3 Å². The number of nitrogens with two attached hydrogens (primary N) is 2. The number of allylic oxidation sites excluding steroid dienone is 4. The first-order valence-electron chi connectivity index (χ1n) is 9.86. The van der Waals surface area contributed by atoms with E-state index in [0.717, 1.165) is 5.56 Å². The van der Waals surface area contributed by atoms with Crippen LogP contribution in [-0.2, 0) is 10.8 Å². The highest BCUT2D eigenvalue weighted by Crippen LogP contribution is 2.27. The molecular formula is C24H29ClFN5OS. The standard InChI is InChI=1S/C16H16FN5OS.C5H8.C3H5Cl/c1-20-15-12-7-2-3-8-13(12)22(19)16(21-15)14(18)24(23)11-6-4-5-10(17)9-11;1-3-5-4-2;1-2-3-4/h2-9H,18-19H2,1H3,(H,20,21);3-5H,1H2,2H3;2-3H,1H3/b16-14+;5-4-;3-2+. The zero-order chi connectivity index (χ0) is 24.8. The molecule has 1 aliphatic heterocycles. The van der Waals surface area contributed by atoms with E-state index < -0.39 is 16.6 Å². The summed E-state index contributed by atoms with van der Waals surface area (Å²) in [6, 6.07) is 12.8. The predicted molar refractivity (Wildman–Crippen MR) is 138 cm³/mol. The molecule has 0 saturated heterocycles. The van der Waals surface area contributed by atoms with Crippen LogP contribution in [0.25, 0.3) is 0 Å². The number of nitrogens with zero attached hydrogens (tertiary/aromatic N) is 2. The molecule has 3 rings (SSSR count). The molecule has 0 radical (unpaired) electrons. The second-order valence-electron chi connectivity index (χ2n) is 6.24. The number of hydrazine groups is 1. The number of rotatable bonds is 3. The van der Waals surface area contributed by atoms with E-state index in [1.807, 2.05) is 44.2 Å². The zero-order valence-corrected chi connectivity index (χ0v) is 20.4. The third-order valence-electron chi connectivity index (χ3n) is 4.02. The number of hydrogen-bond donors (Lipinski definition) is 3. The lowest BCUT2D eigenvalue weighted by Crippen LogP contribution is -2.47. The smallest absolute Gasteiger partial charge is 0.160 e. The van der Waals surface area contributed by atoms with Crippen molar-refractivity contribution < 1.29 is 8.60 Å². The van der Waals surface area contributed by atoms with Crippen LogP contribution in [0.1, 0.15) is 19.4 Å². The summed E-state index contributed by atoms with van der Waals surface area (Å²) in [6.07, 6.45) is 7.34. The first-order chi connectivity index (χ1) is 15.9. The fourth-order valence-corrected chi connectivity index (χ4v) is 3.53. The summed E-state index contributed by atoms with van der Waals surface area (Å²) >= 11 is 5.01. The van der Waals surface area contributed by atoms with Gasteiger partial charge in [0.1, 0.15) is 27.5 Å². The normalized spacial score (nSPS) is 16.2. The van der Waals surface area contributed by atoms with Crippen LogP contribution in [0, 0.1) is 5.82 Å². The molecule has 0 aliphatic carbocycles. The Labute approximate surface area is 202 Å². The number of aliphatic imine (C=N–C) groups is 1. The Morgan fingerprint density at radius 3 is 2.39 bits per heavy atom. The minimum atomic E-state index is -1.77. The molecule has 2 aromatic rings. The van der Waals surface area contributed by atoms with Crippen molar-refractivity contribution in [2.45, 2.75) is 18.7 Å². The SMILES string of the molecule is C/C=C/Cl.C=C/C=C\C.CN=C1N/C(=C(/N)S(=O)c2cccc(F)c2)N(N)c2ccccc21. The Morgan fingerprint density at radius 1 is 1.21 bits per heavy atom. The van der Waals surface area contributed by atoms with Crippen LogP contribution in [-0.4, -0.2) is 17.1 Å². The number of para-hydroxylation sites is 1. The monoisotopic (exact) mass is 489 g/mol. The minimum absolute atomic E-state index is 0.0150. The molecule has 176 valence electrons. The van der Waals surface area contributed by atoms with Gasteiger partial charge in [-0.1, -0.05) is 60.7 Å². The van der Waals surface area contributed by atoms with Crippen LogP contribution in [0.15, 0.2) is 106 Å². The minimum Gasteiger partial charge on any atom is -0.388 e. The number of fused-ring (bicyclic) bond motifs is 1. The second kappa shape index (κ2) is 14.8. The number of hydrogen-bond acceptors (Lipinski definition) is 5. The molecule has 1 atom stereocenters. The lowest BCUT2D eigenvalue weighted by atomic mass is 10.1. The predicted octanol–water partition coefficient (Wildman–Crippen LogP) is 4.89. The molecule has 0 amide bonds. The van der Waals surface area contributed by atoms with Crippen LogP contribution in [0.5, 0.6) is 0 Å². The Hall–Kier alpha value is -3.20. The van der Waals surface area contributed by atoms with Crippen molar-refractivity contribution in [1.82, 2.24) is 5.32 Å². The maximum atomic E-state index is 13.4. The molecule has 1 heterocycles. The van der Waals surface area contributed by atoms with Crippen LogP contribution < -0.4 is 21.9 Å². The average Bonchev–Trinajstić information content (AvgIpc) is 2.84. The van der Waals surface area contributed by atoms with Crippen molar-refractivity contribution in [1.29, 1.82) is 0 Å². The topological polar surface area (TPSA) is 96.7 Å². The molecular weight excluding hydrogens is 461 g/mol. The first-order valence-corrected chi connectivity index (χ1v) is 11.4. The van der Waals surface area contributed by atoms with E-state index in [-0.39, 0.29) is 15.7 Å². The highest BCUT2D eigenvalue weighted by atomic mass is 35.5. The van der Waals surface area contributed by atoms with E-state index in [1.165, 1.54) is 28.7 Å². The molecule has 0 saturated carbocycles. The Balaban J connectivity index is 0.000000517. The van der Waals surface area contributed by atoms with Crippen LogP contribution in [0.2, 0.25) is 0 Å². The van der Waals surface area contributed by atoms with Crippen molar-refractivity contribution in [2.75, 3.05) is 12.1 Å². The number of benzene rings is 2. The molecule has 1 unspecified atom stereocenters. The van der Waals surface area contributed by atoms with Gasteiger partial charge >= 0.3 is 0 Å². The van der Waals surface area contributed by atoms with Gasteiger partial charge in [0.25, 0.3) is 0 Å². The number of amidine groups is 1. The van der Waals surface area contributed by atoms with Crippen LogP contribution in [0.3, 0.4) is 0 Å². The molecule has 1 aliphatic rings. The molecule has 5 N–H and O–H groups in total. The van der Waals surface area contributed by atoms with E-state index in [9.17, 15) is 8.60 Å². The quantitative estimate of drug-likeness (QED) is 0.421. The molecule has 0 bridgehead atoms. The summed E-state index contributed by atoms with van der Waals surface area (Å²) in [5.41, 5.74) is 9.00. The summed E-state index contributed by atoms with van der Waals surface area (Å²) in [5.74, 6) is 6.44. The molecule has 9 heteroatoms. The Kier molecular flexibility index (Phi) is 12.5. The highest BCUT2D eigenvalue weighted by Gasteiger charge is 2.27. The van der Waals surface area contributed by atoms with Crippen molar-refractivity contribution in [3.63, 3.8) is 0 Å². The van der Waals surface area contributed by atoms with Gasteiger partial charge in [-0.3, -0.25) is 10.0 Å². The average molecular weight is 490 g/mol. The van der Waals surface area contributed by atoms with Crippen molar-refractivity contribution in [3.8, 4) is 0 Å². The summed E-state index contributed by atoms with van der Waals surface area (Å²) in [7, 11) is -0.145. The van der Waals surface area contributed by atoms with Gasteiger partial charge in [-0.05, 0) is 49.7 Å². The number of nitrogens with one attached hydrogen (secondary N) is 1. The lowest BCUT2D eigenvalue weighted by molar-refractivity contribution is 0.622. The maximum absolute atomic E-state index is 13.4. The first kappa shape index (κ1) is 27.8. The van der Waals surface area contributed by atoms with E-state index >= 15 is 0 Å². The molecule has 2 aromatic carbocycles. The third-order valence-corrected chi connectivity index (χ3v) is 5.54. The van der Waals surface area contributed by atoms with Gasteiger partial charge in [-0.2, -0.15) is 0 Å². The van der Waals surface area contributed by atoms with Gasteiger partial charge in [-0.15, -0.1) is 0 Å². The Morgan fingerprint density at radius 2 is 1.88 bits per heavy atom. The van der Waals surface area contributed by atoms with Crippen molar-refractivity contribution >= 4 is 33.9 Å². The Bertz CT molecular complexity index is 1080. The van der Waals surface area contributed by atoms with Gasteiger partial charge < -0.3 is 11.1 Å². The zero-order valence-electron chi connectivity index (χ0n) is 18.8. The van der Waals surface area contributed by atoms with Crippen LogP contribution in [0.4, 0.5) is 10.1 Å². The largest absolute Gasteiger partial charge is 0.388 e. The van der Waals surface area contributed by atoms with E-state index in [2.05, 4.69) is 16.9 Å². The number of anilines is 1. The molecule has 0 aromatic heterocycles. The summed E-state index contributed by atoms with van der Waals surface area (Å²) < 4.78 is 26.0. The lowest BCUT2D eigenvalue weighted by Gasteiger charge is -2.32. The second-order valence-corrected chi connectivity index (χ2v) is 7.94.